The van der Waals surface area contributed by atoms with E-state index in [1.165, 1.54) is 6.08 Å². The van der Waals surface area contributed by atoms with Crippen molar-refractivity contribution >= 4 is 12.3 Å². The molecule has 0 saturated heterocycles. The number of hydrogen-bond donors (Lipinski definition) is 4. The predicted molar refractivity (Wildman–Crippen MR) is 105 cm³/mol. The number of carbonyl (C=O) groups is 2. The Hall–Kier alpha value is -1.28. The van der Waals surface area contributed by atoms with Crippen LogP contribution in [-0.4, -0.2) is 62.7 Å². The van der Waals surface area contributed by atoms with Crippen molar-refractivity contribution in [1.82, 2.24) is 0 Å². The van der Waals surface area contributed by atoms with E-state index in [-0.39, 0.29) is 37.2 Å². The lowest BCUT2D eigenvalue weighted by molar-refractivity contribution is -0.248. The highest BCUT2D eigenvalue weighted by Crippen LogP contribution is 2.70. The van der Waals surface area contributed by atoms with Crippen molar-refractivity contribution < 1.29 is 34.8 Å². The third-order valence-electron chi connectivity index (χ3n) is 9.81. The van der Waals surface area contributed by atoms with Crippen molar-refractivity contribution in [1.29, 1.82) is 0 Å². The molecule has 4 aliphatic carbocycles. The number of aldehydes is 1. The fraction of sp³-hybridized carbons (Fsp3) is 0.826. The summed E-state index contributed by atoms with van der Waals surface area (Å²) in [5.41, 5.74) is -3.31. The molecular formula is C23H32O7. The van der Waals surface area contributed by atoms with Gasteiger partial charge < -0.3 is 30.0 Å². The molecule has 4 N–H and O–H groups in total. The van der Waals surface area contributed by atoms with Gasteiger partial charge in [-0.1, -0.05) is 6.92 Å². The van der Waals surface area contributed by atoms with Crippen molar-refractivity contribution in [3.63, 3.8) is 0 Å². The highest BCUT2D eigenvalue weighted by molar-refractivity contribution is 5.85. The Labute approximate surface area is 176 Å². The summed E-state index contributed by atoms with van der Waals surface area (Å²) >= 11 is 0. The van der Waals surface area contributed by atoms with E-state index in [1.54, 1.807) is 0 Å². The molecule has 0 aromatic heterocycles. The Morgan fingerprint density at radius 1 is 1.07 bits per heavy atom. The number of hydrogen-bond acceptors (Lipinski definition) is 7. The first-order valence-corrected chi connectivity index (χ1v) is 11.2. The van der Waals surface area contributed by atoms with E-state index in [9.17, 15) is 30.0 Å². The van der Waals surface area contributed by atoms with Gasteiger partial charge in [-0.15, -0.1) is 0 Å². The summed E-state index contributed by atoms with van der Waals surface area (Å²) < 4.78 is 5.09. The Bertz CT molecular complexity index is 809. The summed E-state index contributed by atoms with van der Waals surface area (Å²) in [6.45, 7) is 2.14. The lowest BCUT2D eigenvalue weighted by Crippen LogP contribution is -2.68. The fourth-order valence-electron chi connectivity index (χ4n) is 8.42. The zero-order chi connectivity index (χ0) is 21.5. The third-order valence-corrected chi connectivity index (χ3v) is 9.81. The summed E-state index contributed by atoms with van der Waals surface area (Å²) in [7, 11) is 0. The number of aliphatic hydroxyl groups excluding tert-OH is 2. The second-order valence-corrected chi connectivity index (χ2v) is 10.8. The number of aliphatic hydroxyl groups is 4. The standard InChI is InChI=1S/C23H32O7/c1-20-5-3-15-16(4-7-22(28)9-14(25)2-6-21(15,22)12-24)23(20,29)10-17(26)19(20)13-8-18(27)30-11-13/h8,12,14-17,19,25-26,28-29H,2-7,9-11H2,1H3/t14?,15-,16+,17?,19-,20+,21-,22?,23-/m0/s1. The van der Waals surface area contributed by atoms with Crippen LogP contribution in [0.15, 0.2) is 11.6 Å². The molecule has 0 amide bonds. The van der Waals surface area contributed by atoms with Gasteiger partial charge in [0.2, 0.25) is 0 Å². The van der Waals surface area contributed by atoms with Crippen LogP contribution >= 0.6 is 0 Å². The van der Waals surface area contributed by atoms with Crippen LogP contribution in [0.5, 0.6) is 0 Å². The molecule has 4 saturated carbocycles. The molecule has 7 nitrogen and oxygen atoms in total. The van der Waals surface area contributed by atoms with Gasteiger partial charge in [0.1, 0.15) is 12.9 Å². The zero-order valence-corrected chi connectivity index (χ0v) is 17.4. The fourth-order valence-corrected chi connectivity index (χ4v) is 8.42. The first kappa shape index (κ1) is 20.6. The first-order chi connectivity index (χ1) is 14.1. The van der Waals surface area contributed by atoms with Crippen LogP contribution in [0, 0.1) is 28.6 Å². The van der Waals surface area contributed by atoms with Gasteiger partial charge in [0.25, 0.3) is 0 Å². The molecule has 9 atom stereocenters. The molecule has 0 radical (unpaired) electrons. The Morgan fingerprint density at radius 2 is 1.80 bits per heavy atom. The molecule has 0 spiro atoms. The minimum absolute atomic E-state index is 0.149. The average Bonchev–Trinajstić information content (AvgIpc) is 3.18. The van der Waals surface area contributed by atoms with Gasteiger partial charge in [0, 0.05) is 30.3 Å². The number of rotatable bonds is 2. The molecule has 3 unspecified atom stereocenters. The maximum atomic E-state index is 12.5. The van der Waals surface area contributed by atoms with Gasteiger partial charge in [-0.05, 0) is 55.9 Å². The second kappa shape index (κ2) is 6.37. The van der Waals surface area contributed by atoms with Gasteiger partial charge in [-0.2, -0.15) is 0 Å². The van der Waals surface area contributed by atoms with E-state index < -0.39 is 40.2 Å². The Morgan fingerprint density at radius 3 is 2.47 bits per heavy atom. The van der Waals surface area contributed by atoms with Crippen LogP contribution in [0.2, 0.25) is 0 Å². The Kier molecular flexibility index (Phi) is 4.38. The number of fused-ring (bicyclic) bond motifs is 5. The monoisotopic (exact) mass is 420 g/mol. The van der Waals surface area contributed by atoms with E-state index in [2.05, 4.69) is 0 Å². The highest BCUT2D eigenvalue weighted by Gasteiger charge is 2.73. The summed E-state index contributed by atoms with van der Waals surface area (Å²) in [6.07, 6.45) is 4.37. The third kappa shape index (κ3) is 2.35. The van der Waals surface area contributed by atoms with Gasteiger partial charge >= 0.3 is 5.97 Å². The number of cyclic esters (lactones) is 1. The molecule has 5 rings (SSSR count). The summed E-state index contributed by atoms with van der Waals surface area (Å²) in [4.78, 5) is 24.2. The average molecular weight is 421 g/mol. The molecule has 1 aliphatic heterocycles. The second-order valence-electron chi connectivity index (χ2n) is 10.8. The van der Waals surface area contributed by atoms with Crippen LogP contribution in [0.1, 0.15) is 58.3 Å². The molecule has 5 aliphatic rings. The molecule has 0 aromatic rings. The highest BCUT2D eigenvalue weighted by atomic mass is 16.5. The molecule has 30 heavy (non-hydrogen) atoms. The quantitative estimate of drug-likeness (QED) is 0.386. The van der Waals surface area contributed by atoms with Crippen LogP contribution in [0.4, 0.5) is 0 Å². The number of esters is 1. The summed E-state index contributed by atoms with van der Waals surface area (Å²) in [5.74, 6) is -1.19. The molecule has 166 valence electrons. The van der Waals surface area contributed by atoms with Crippen molar-refractivity contribution in [3.8, 4) is 0 Å². The molecule has 7 heteroatoms. The maximum absolute atomic E-state index is 12.5. The van der Waals surface area contributed by atoms with Crippen LogP contribution in [0.25, 0.3) is 0 Å². The minimum atomic E-state index is -1.25. The Balaban J connectivity index is 1.54. The molecular weight excluding hydrogens is 388 g/mol. The lowest BCUT2D eigenvalue weighted by atomic mass is 9.41. The zero-order valence-electron chi connectivity index (χ0n) is 17.4. The number of carbonyl (C=O) groups excluding carboxylic acids is 2. The smallest absolute Gasteiger partial charge is 0.331 e. The van der Waals surface area contributed by atoms with Gasteiger partial charge in [-0.3, -0.25) is 0 Å². The van der Waals surface area contributed by atoms with Crippen LogP contribution in [0.3, 0.4) is 0 Å². The van der Waals surface area contributed by atoms with E-state index in [0.29, 0.717) is 38.5 Å². The molecule has 4 fully saturated rings. The van der Waals surface area contributed by atoms with E-state index in [0.717, 1.165) is 11.9 Å². The van der Waals surface area contributed by atoms with Gasteiger partial charge in [0.15, 0.2) is 0 Å². The SMILES string of the molecule is C[C@]12CC[C@H]3[C@@H](CCC4(O)CC(O)CC[C@]34C=O)[C@@]1(O)CC(O)[C@@H]2C1=CC(=O)OC1. The van der Waals surface area contributed by atoms with Crippen LogP contribution in [-0.2, 0) is 14.3 Å². The molecule has 1 heterocycles. The van der Waals surface area contributed by atoms with Gasteiger partial charge in [0.05, 0.1) is 28.8 Å². The maximum Gasteiger partial charge on any atom is 0.331 e. The topological polar surface area (TPSA) is 124 Å². The first-order valence-electron chi connectivity index (χ1n) is 11.2. The molecule has 0 aromatic carbocycles. The van der Waals surface area contributed by atoms with Gasteiger partial charge in [-0.25, -0.2) is 4.79 Å². The van der Waals surface area contributed by atoms with E-state index in [4.69, 9.17) is 4.74 Å². The summed E-state index contributed by atoms with van der Waals surface area (Å²) in [6, 6.07) is 0. The minimum Gasteiger partial charge on any atom is -0.458 e. The lowest BCUT2D eigenvalue weighted by Gasteiger charge is -2.65. The van der Waals surface area contributed by atoms with E-state index >= 15 is 0 Å². The largest absolute Gasteiger partial charge is 0.458 e. The number of ether oxygens (including phenoxy) is 1. The van der Waals surface area contributed by atoms with Crippen molar-refractivity contribution in [3.05, 3.63) is 11.6 Å². The van der Waals surface area contributed by atoms with Crippen molar-refractivity contribution in [2.75, 3.05) is 6.61 Å². The predicted octanol–water partition coefficient (Wildman–Crippen LogP) is 0.869. The van der Waals surface area contributed by atoms with Crippen molar-refractivity contribution in [2.45, 2.75) is 81.7 Å². The van der Waals surface area contributed by atoms with Crippen molar-refractivity contribution in [2.24, 2.45) is 28.6 Å². The molecule has 0 bridgehead atoms. The summed E-state index contributed by atoms with van der Waals surface area (Å²) in [5, 5.41) is 44.7. The normalized spacial score (nSPS) is 55.2. The van der Waals surface area contributed by atoms with E-state index in [1.807, 2.05) is 6.92 Å². The van der Waals surface area contributed by atoms with Crippen LogP contribution < -0.4 is 0 Å².